The third-order valence-corrected chi connectivity index (χ3v) is 6.11. The normalized spacial score (nSPS) is 13.1. The van der Waals surface area contributed by atoms with Gasteiger partial charge >= 0.3 is 41.9 Å². The maximum atomic E-state index is 13.7. The summed E-state index contributed by atoms with van der Waals surface area (Å²) in [5, 5.41) is 33.6. The number of halogens is 4. The molecule has 1 aromatic heterocycles. The second-order valence-corrected chi connectivity index (χ2v) is 9.96. The summed E-state index contributed by atoms with van der Waals surface area (Å²) in [4.78, 5) is 25.8. The zero-order valence-corrected chi connectivity index (χ0v) is 23.0. The number of carbonyl (C=O) groups is 2. The van der Waals surface area contributed by atoms with Gasteiger partial charge in [0.15, 0.2) is 5.69 Å². The third-order valence-electron chi connectivity index (χ3n) is 6.11. The van der Waals surface area contributed by atoms with E-state index in [0.717, 1.165) is 6.07 Å². The number of rotatable bonds is 12. The monoisotopic (exact) mass is 617 g/mol. The standard InChI is InChI=1S/C29H31F4N3O6.Na.H/c1-17(2)26-24(12-11-21(37)14-22(38)15-25(39)40)36(20-9-7-19(30)8-10-20)34-27(26)28(41)35(3)16-18-5-4-6-23(13-18)42-29(31,32)33;;/h4-13,17,21-22,37-38H,14-16H2,1-3H3,(H,39,40);;/t21-,22+;;/m0../s1. The number of aliphatic hydroxyl groups is 2. The van der Waals surface area contributed by atoms with Crippen LogP contribution in [-0.4, -0.2) is 97.1 Å². The van der Waals surface area contributed by atoms with Crippen molar-refractivity contribution in [2.24, 2.45) is 0 Å². The Labute approximate surface area is 267 Å². The summed E-state index contributed by atoms with van der Waals surface area (Å²) < 4.78 is 57.0. The van der Waals surface area contributed by atoms with Crippen LogP contribution < -0.4 is 4.74 Å². The summed E-state index contributed by atoms with van der Waals surface area (Å²) in [5.41, 5.74) is 1.65. The Bertz CT molecular complexity index is 1430. The average Bonchev–Trinajstić information content (AvgIpc) is 3.25. The van der Waals surface area contributed by atoms with E-state index < -0.39 is 48.4 Å². The number of aromatic nitrogens is 2. The fourth-order valence-electron chi connectivity index (χ4n) is 4.32. The van der Waals surface area contributed by atoms with E-state index in [9.17, 15) is 37.4 Å². The average molecular weight is 618 g/mol. The molecule has 0 unspecified atom stereocenters. The molecule has 3 N–H and O–H groups in total. The van der Waals surface area contributed by atoms with Crippen LogP contribution in [0.3, 0.4) is 0 Å². The van der Waals surface area contributed by atoms with E-state index >= 15 is 0 Å². The number of carboxylic acid groups (broad SMARTS) is 1. The molecule has 0 aliphatic carbocycles. The van der Waals surface area contributed by atoms with Crippen molar-refractivity contribution in [3.8, 4) is 11.4 Å². The predicted molar refractivity (Wildman–Crippen MR) is 152 cm³/mol. The van der Waals surface area contributed by atoms with Gasteiger partial charge in [-0.05, 0) is 54.0 Å². The van der Waals surface area contributed by atoms with E-state index in [1.54, 1.807) is 6.07 Å². The van der Waals surface area contributed by atoms with Gasteiger partial charge in [0.05, 0.1) is 30.0 Å². The molecule has 14 heteroatoms. The van der Waals surface area contributed by atoms with Crippen molar-refractivity contribution in [2.75, 3.05) is 7.05 Å². The van der Waals surface area contributed by atoms with Crippen molar-refractivity contribution >= 4 is 47.5 Å². The summed E-state index contributed by atoms with van der Waals surface area (Å²) in [5.74, 6) is -2.98. The molecule has 228 valence electrons. The second kappa shape index (κ2) is 15.5. The van der Waals surface area contributed by atoms with Crippen LogP contribution in [0.25, 0.3) is 11.8 Å². The van der Waals surface area contributed by atoms with E-state index in [0.29, 0.717) is 22.5 Å². The SMILES string of the molecule is CC(C)c1c(C(=O)N(C)Cc2cccc(OC(F)(F)F)c2)nn(-c2ccc(F)cc2)c1C=C[C@H](O)C[C@@H](O)CC(=O)O.[NaH]. The van der Waals surface area contributed by atoms with E-state index in [4.69, 9.17) is 5.11 Å². The molecule has 0 aliphatic rings. The van der Waals surface area contributed by atoms with Crippen molar-refractivity contribution in [1.29, 1.82) is 0 Å². The molecular formula is C29H32F4N3NaO6. The Balaban J connectivity index is 0.00000645. The van der Waals surface area contributed by atoms with Gasteiger partial charge in [-0.3, -0.25) is 9.59 Å². The molecule has 3 aromatic rings. The minimum atomic E-state index is -4.87. The number of ether oxygens (including phenoxy) is 1. The number of benzene rings is 2. The molecule has 1 heterocycles. The van der Waals surface area contributed by atoms with Crippen molar-refractivity contribution in [1.82, 2.24) is 14.7 Å². The van der Waals surface area contributed by atoms with Crippen molar-refractivity contribution in [3.63, 3.8) is 0 Å². The molecule has 0 aliphatic heterocycles. The van der Waals surface area contributed by atoms with Gasteiger partial charge in [-0.2, -0.15) is 5.10 Å². The molecule has 3 rings (SSSR count). The Morgan fingerprint density at radius 3 is 2.35 bits per heavy atom. The number of nitrogens with zero attached hydrogens (tertiary/aromatic N) is 3. The quantitative estimate of drug-likeness (QED) is 0.205. The summed E-state index contributed by atoms with van der Waals surface area (Å²) in [7, 11) is 1.46. The zero-order valence-electron chi connectivity index (χ0n) is 23.0. The first-order chi connectivity index (χ1) is 19.6. The molecule has 0 saturated carbocycles. The number of aliphatic carboxylic acids is 1. The first kappa shape index (κ1) is 36.0. The zero-order chi connectivity index (χ0) is 31.2. The van der Waals surface area contributed by atoms with Crippen LogP contribution in [0.15, 0.2) is 54.6 Å². The van der Waals surface area contributed by atoms with Gasteiger partial charge < -0.3 is 25.0 Å². The van der Waals surface area contributed by atoms with Crippen LogP contribution in [0.5, 0.6) is 5.75 Å². The van der Waals surface area contributed by atoms with Gasteiger partial charge in [-0.1, -0.05) is 32.1 Å². The van der Waals surface area contributed by atoms with Gasteiger partial charge in [0.1, 0.15) is 11.6 Å². The molecular weight excluding hydrogens is 585 g/mol. The fraction of sp³-hybridized carbons (Fsp3) is 0.345. The van der Waals surface area contributed by atoms with Gasteiger partial charge in [-0.15, -0.1) is 13.2 Å². The van der Waals surface area contributed by atoms with Crippen molar-refractivity contribution in [3.05, 3.63) is 82.9 Å². The Hall–Kier alpha value is -3.23. The number of alkyl halides is 3. The number of aliphatic hydroxyl groups excluding tert-OH is 2. The van der Waals surface area contributed by atoms with Crippen molar-refractivity contribution in [2.45, 2.75) is 57.7 Å². The number of carboxylic acids is 1. The van der Waals surface area contributed by atoms with Gasteiger partial charge in [0, 0.05) is 25.6 Å². The first-order valence-electron chi connectivity index (χ1n) is 12.9. The Kier molecular flexibility index (Phi) is 12.9. The summed E-state index contributed by atoms with van der Waals surface area (Å²) in [6.07, 6.45) is -5.38. The fourth-order valence-corrected chi connectivity index (χ4v) is 4.32. The topological polar surface area (TPSA) is 125 Å². The van der Waals surface area contributed by atoms with E-state index in [1.807, 2.05) is 13.8 Å². The summed E-state index contributed by atoms with van der Waals surface area (Å²) >= 11 is 0. The Morgan fingerprint density at radius 1 is 1.12 bits per heavy atom. The molecule has 1 amide bonds. The maximum absolute atomic E-state index is 13.7. The summed E-state index contributed by atoms with van der Waals surface area (Å²) in [6.45, 7) is 3.55. The molecule has 43 heavy (non-hydrogen) atoms. The third kappa shape index (κ3) is 10.5. The molecule has 0 fully saturated rings. The van der Waals surface area contributed by atoms with E-state index in [-0.39, 0.29) is 54.1 Å². The summed E-state index contributed by atoms with van der Waals surface area (Å²) in [6, 6.07) is 10.5. The molecule has 2 aromatic carbocycles. The first-order valence-corrected chi connectivity index (χ1v) is 12.9. The second-order valence-electron chi connectivity index (χ2n) is 9.96. The minimum absolute atomic E-state index is 0. The van der Waals surface area contributed by atoms with Crippen LogP contribution in [0.4, 0.5) is 17.6 Å². The van der Waals surface area contributed by atoms with Crippen LogP contribution in [0.1, 0.15) is 59.9 Å². The number of carbonyl (C=O) groups excluding carboxylic acids is 1. The van der Waals surface area contributed by atoms with Crippen LogP contribution in [0, 0.1) is 5.82 Å². The van der Waals surface area contributed by atoms with Gasteiger partial charge in [0.2, 0.25) is 0 Å². The van der Waals surface area contributed by atoms with Crippen molar-refractivity contribution < 1.29 is 47.2 Å². The molecule has 2 atom stereocenters. The Morgan fingerprint density at radius 2 is 1.77 bits per heavy atom. The molecule has 0 bridgehead atoms. The van der Waals surface area contributed by atoms with Gasteiger partial charge in [-0.25, -0.2) is 9.07 Å². The van der Waals surface area contributed by atoms with Crippen LogP contribution in [0.2, 0.25) is 0 Å². The van der Waals surface area contributed by atoms with E-state index in [2.05, 4.69) is 9.84 Å². The van der Waals surface area contributed by atoms with Gasteiger partial charge in [0.25, 0.3) is 5.91 Å². The molecule has 0 spiro atoms. The van der Waals surface area contributed by atoms with E-state index in [1.165, 1.54) is 65.2 Å². The van der Waals surface area contributed by atoms with Crippen LogP contribution >= 0.6 is 0 Å². The molecule has 0 radical (unpaired) electrons. The molecule has 9 nitrogen and oxygen atoms in total. The number of amides is 1. The molecule has 0 saturated heterocycles. The van der Waals surface area contributed by atoms with Crippen LogP contribution in [-0.2, 0) is 11.3 Å². The predicted octanol–water partition coefficient (Wildman–Crippen LogP) is 4.26. The number of hydrogen-bond acceptors (Lipinski definition) is 6. The number of hydrogen-bond donors (Lipinski definition) is 3.